The van der Waals surface area contributed by atoms with Gasteiger partial charge in [-0.3, -0.25) is 9.59 Å². The normalized spacial score (nSPS) is 11.8. The lowest BCUT2D eigenvalue weighted by Gasteiger charge is -2.16. The molecule has 3 N–H and O–H groups in total. The molecular weight excluding hydrogens is 272 g/mol. The van der Waals surface area contributed by atoms with E-state index >= 15 is 0 Å². The van der Waals surface area contributed by atoms with Crippen LogP contribution in [0.25, 0.3) is 0 Å². The van der Waals surface area contributed by atoms with Crippen LogP contribution < -0.4 is 10.6 Å². The van der Waals surface area contributed by atoms with Gasteiger partial charge in [-0.05, 0) is 32.4 Å². The van der Waals surface area contributed by atoms with Gasteiger partial charge in [-0.1, -0.05) is 18.2 Å². The van der Waals surface area contributed by atoms with Crippen LogP contribution in [0.2, 0.25) is 0 Å². The molecule has 0 saturated heterocycles. The van der Waals surface area contributed by atoms with Gasteiger partial charge in [0.15, 0.2) is 0 Å². The number of benzene rings is 1. The Kier molecular flexibility index (Phi) is 5.90. The molecule has 21 heavy (non-hydrogen) atoms. The number of carbonyl (C=O) groups is 3. The number of hydrogen-bond donors (Lipinski definition) is 3. The lowest BCUT2D eigenvalue weighted by atomic mass is 10.0. The van der Waals surface area contributed by atoms with Gasteiger partial charge in [0.25, 0.3) is 0 Å². The molecule has 0 aromatic heterocycles. The summed E-state index contributed by atoms with van der Waals surface area (Å²) in [5, 5.41) is 14.3. The van der Waals surface area contributed by atoms with Crippen LogP contribution in [0.15, 0.2) is 24.3 Å². The highest BCUT2D eigenvalue weighted by molar-refractivity contribution is 5.93. The maximum absolute atomic E-state index is 11.9. The predicted molar refractivity (Wildman–Crippen MR) is 78.0 cm³/mol. The second-order valence-corrected chi connectivity index (χ2v) is 5.09. The third-order valence-electron chi connectivity index (χ3n) is 2.80. The molecule has 0 heterocycles. The molecule has 0 fully saturated rings. The Bertz CT molecular complexity index is 540. The summed E-state index contributed by atoms with van der Waals surface area (Å²) in [5.41, 5.74) is 0.505. The Morgan fingerprint density at radius 1 is 1.10 bits per heavy atom. The summed E-state index contributed by atoms with van der Waals surface area (Å²) < 4.78 is 0. The average Bonchev–Trinajstić information content (AvgIpc) is 2.37. The van der Waals surface area contributed by atoms with Crippen LogP contribution in [0.1, 0.15) is 36.7 Å². The third-order valence-corrected chi connectivity index (χ3v) is 2.80. The van der Waals surface area contributed by atoms with Crippen molar-refractivity contribution in [2.24, 2.45) is 0 Å². The minimum absolute atomic E-state index is 0.00964. The number of aromatic carboxylic acids is 1. The molecule has 1 atom stereocenters. The summed E-state index contributed by atoms with van der Waals surface area (Å²) in [6.07, 6.45) is -0.0816. The van der Waals surface area contributed by atoms with Crippen molar-refractivity contribution < 1.29 is 19.5 Å². The molecular formula is C15H20N2O4. The first-order chi connectivity index (χ1) is 9.81. The van der Waals surface area contributed by atoms with E-state index in [2.05, 4.69) is 10.6 Å². The summed E-state index contributed by atoms with van der Waals surface area (Å²) in [4.78, 5) is 34.7. The number of carbonyl (C=O) groups excluding carboxylic acids is 2. The number of carboxylic acid groups (broad SMARTS) is 1. The van der Waals surface area contributed by atoms with Crippen molar-refractivity contribution in [2.45, 2.75) is 39.3 Å². The first-order valence-electron chi connectivity index (χ1n) is 6.72. The Labute approximate surface area is 123 Å². The molecule has 2 amide bonds. The zero-order valence-electron chi connectivity index (χ0n) is 12.3. The summed E-state index contributed by atoms with van der Waals surface area (Å²) >= 11 is 0. The first kappa shape index (κ1) is 16.7. The van der Waals surface area contributed by atoms with E-state index in [1.54, 1.807) is 25.1 Å². The molecule has 0 spiro atoms. The molecule has 0 aliphatic heterocycles. The van der Waals surface area contributed by atoms with Gasteiger partial charge in [0.1, 0.15) is 6.04 Å². The largest absolute Gasteiger partial charge is 0.478 e. The van der Waals surface area contributed by atoms with E-state index in [0.717, 1.165) is 0 Å². The average molecular weight is 292 g/mol. The Hall–Kier alpha value is -2.37. The third kappa shape index (κ3) is 5.25. The molecule has 0 bridgehead atoms. The Balaban J connectivity index is 2.66. The molecule has 1 rings (SSSR count). The van der Waals surface area contributed by atoms with Crippen LogP contribution in [-0.4, -0.2) is 35.0 Å². The summed E-state index contributed by atoms with van der Waals surface area (Å²) in [5.74, 6) is -1.75. The molecule has 6 heteroatoms. The highest BCUT2D eigenvalue weighted by Gasteiger charge is 2.18. The minimum Gasteiger partial charge on any atom is -0.478 e. The number of carboxylic acids is 1. The maximum Gasteiger partial charge on any atom is 0.335 e. The topological polar surface area (TPSA) is 95.5 Å². The standard InChI is InChI=1S/C15H20N2O4/c1-9(2)16-14(19)10(3)17-13(18)8-11-6-4-5-7-12(11)15(20)21/h4-7,9-10H,8H2,1-3H3,(H,16,19)(H,17,18)(H,20,21). The summed E-state index contributed by atoms with van der Waals surface area (Å²) in [6.45, 7) is 5.24. The first-order valence-corrected chi connectivity index (χ1v) is 6.72. The van der Waals surface area contributed by atoms with Gasteiger partial charge in [-0.2, -0.15) is 0 Å². The van der Waals surface area contributed by atoms with E-state index in [0.29, 0.717) is 5.56 Å². The van der Waals surface area contributed by atoms with E-state index in [9.17, 15) is 14.4 Å². The van der Waals surface area contributed by atoms with Gasteiger partial charge in [-0.25, -0.2) is 4.79 Å². The van der Waals surface area contributed by atoms with Crippen molar-refractivity contribution in [1.82, 2.24) is 10.6 Å². The van der Waals surface area contributed by atoms with E-state index in [1.165, 1.54) is 6.07 Å². The Morgan fingerprint density at radius 3 is 2.29 bits per heavy atom. The second kappa shape index (κ2) is 7.42. The fourth-order valence-electron chi connectivity index (χ4n) is 1.82. The maximum atomic E-state index is 11.9. The molecule has 1 unspecified atom stereocenters. The minimum atomic E-state index is -1.08. The smallest absolute Gasteiger partial charge is 0.335 e. The zero-order chi connectivity index (χ0) is 16.0. The van der Waals surface area contributed by atoms with Crippen molar-refractivity contribution in [1.29, 1.82) is 0 Å². The van der Waals surface area contributed by atoms with Gasteiger partial charge in [-0.15, -0.1) is 0 Å². The van der Waals surface area contributed by atoms with Crippen molar-refractivity contribution in [3.8, 4) is 0 Å². The number of hydrogen-bond acceptors (Lipinski definition) is 3. The molecule has 114 valence electrons. The monoisotopic (exact) mass is 292 g/mol. The highest BCUT2D eigenvalue weighted by atomic mass is 16.4. The van der Waals surface area contributed by atoms with Crippen molar-refractivity contribution in [3.05, 3.63) is 35.4 Å². The SMILES string of the molecule is CC(C)NC(=O)C(C)NC(=O)Cc1ccccc1C(=O)O. The van der Waals surface area contributed by atoms with Crippen LogP contribution in [0.5, 0.6) is 0 Å². The van der Waals surface area contributed by atoms with E-state index in [4.69, 9.17) is 5.11 Å². The van der Waals surface area contributed by atoms with Crippen molar-refractivity contribution in [2.75, 3.05) is 0 Å². The molecule has 0 aliphatic rings. The van der Waals surface area contributed by atoms with Crippen LogP contribution in [0.4, 0.5) is 0 Å². The predicted octanol–water partition coefficient (Wildman–Crippen LogP) is 0.957. The fraction of sp³-hybridized carbons (Fsp3) is 0.400. The van der Waals surface area contributed by atoms with Crippen LogP contribution in [-0.2, 0) is 16.0 Å². The summed E-state index contributed by atoms with van der Waals surface area (Å²) in [7, 11) is 0. The van der Waals surface area contributed by atoms with E-state index in [-0.39, 0.29) is 23.9 Å². The highest BCUT2D eigenvalue weighted by Crippen LogP contribution is 2.09. The number of rotatable bonds is 6. The van der Waals surface area contributed by atoms with Gasteiger partial charge < -0.3 is 15.7 Å². The van der Waals surface area contributed by atoms with E-state index < -0.39 is 17.9 Å². The van der Waals surface area contributed by atoms with Crippen LogP contribution in [0.3, 0.4) is 0 Å². The van der Waals surface area contributed by atoms with Gasteiger partial charge in [0.2, 0.25) is 11.8 Å². The molecule has 0 aliphatic carbocycles. The number of amides is 2. The summed E-state index contributed by atoms with van der Waals surface area (Å²) in [6, 6.07) is 5.62. The molecule has 6 nitrogen and oxygen atoms in total. The zero-order valence-corrected chi connectivity index (χ0v) is 12.3. The van der Waals surface area contributed by atoms with Gasteiger partial charge in [0.05, 0.1) is 12.0 Å². The fourth-order valence-corrected chi connectivity index (χ4v) is 1.82. The number of nitrogens with one attached hydrogen (secondary N) is 2. The molecule has 0 saturated carbocycles. The van der Waals surface area contributed by atoms with Crippen molar-refractivity contribution >= 4 is 17.8 Å². The second-order valence-electron chi connectivity index (χ2n) is 5.09. The Morgan fingerprint density at radius 2 is 1.71 bits per heavy atom. The molecule has 1 aromatic rings. The van der Waals surface area contributed by atoms with Gasteiger partial charge >= 0.3 is 5.97 Å². The quantitative estimate of drug-likeness (QED) is 0.727. The van der Waals surface area contributed by atoms with Crippen molar-refractivity contribution in [3.63, 3.8) is 0 Å². The lowest BCUT2D eigenvalue weighted by Crippen LogP contribution is -2.47. The molecule has 1 aromatic carbocycles. The lowest BCUT2D eigenvalue weighted by molar-refractivity contribution is -0.128. The van der Waals surface area contributed by atoms with Crippen LogP contribution in [0, 0.1) is 0 Å². The van der Waals surface area contributed by atoms with Crippen LogP contribution >= 0.6 is 0 Å². The van der Waals surface area contributed by atoms with Gasteiger partial charge in [0, 0.05) is 6.04 Å². The molecule has 0 radical (unpaired) electrons. The van der Waals surface area contributed by atoms with E-state index in [1.807, 2.05) is 13.8 Å².